The predicted octanol–water partition coefficient (Wildman–Crippen LogP) is 1.54. The second kappa shape index (κ2) is 9.05. The molecule has 8 heteroatoms. The number of methoxy groups -OCH3 is 1. The molecule has 1 aromatic rings. The molecular formula is C17H26N2O5S. The molecule has 1 aliphatic heterocycles. The lowest BCUT2D eigenvalue weighted by atomic mass is 10.2. The zero-order valence-electron chi connectivity index (χ0n) is 14.7. The molecule has 0 spiro atoms. The van der Waals surface area contributed by atoms with E-state index in [2.05, 4.69) is 5.32 Å². The molecule has 1 atom stereocenters. The number of benzene rings is 1. The van der Waals surface area contributed by atoms with Crippen LogP contribution in [0.3, 0.4) is 0 Å². The number of hydrogen-bond donors (Lipinski definition) is 1. The van der Waals surface area contributed by atoms with Crippen molar-refractivity contribution in [3.63, 3.8) is 0 Å². The third-order valence-corrected chi connectivity index (χ3v) is 5.27. The van der Waals surface area contributed by atoms with Crippen molar-refractivity contribution in [2.45, 2.75) is 31.8 Å². The Balaban J connectivity index is 1.84. The molecule has 1 unspecified atom stereocenters. The molecule has 1 aromatic carbocycles. The van der Waals surface area contributed by atoms with E-state index in [1.165, 1.54) is 4.31 Å². The van der Waals surface area contributed by atoms with Crippen LogP contribution in [-0.4, -0.2) is 53.5 Å². The van der Waals surface area contributed by atoms with Crippen LogP contribution >= 0.6 is 0 Å². The van der Waals surface area contributed by atoms with E-state index < -0.39 is 10.0 Å². The number of nitrogens with one attached hydrogen (secondary N) is 1. The van der Waals surface area contributed by atoms with Gasteiger partial charge in [0.25, 0.3) is 0 Å². The van der Waals surface area contributed by atoms with Crippen molar-refractivity contribution in [3.05, 3.63) is 24.3 Å². The number of anilines is 1. The van der Waals surface area contributed by atoms with Crippen LogP contribution in [0.5, 0.6) is 5.75 Å². The first-order valence-electron chi connectivity index (χ1n) is 8.40. The maximum absolute atomic E-state index is 12.0. The Morgan fingerprint density at radius 1 is 1.36 bits per heavy atom. The zero-order chi connectivity index (χ0) is 18.3. The van der Waals surface area contributed by atoms with Gasteiger partial charge in [-0.15, -0.1) is 0 Å². The number of sulfonamides is 1. The number of nitrogens with zero attached hydrogens (tertiary/aromatic N) is 1. The van der Waals surface area contributed by atoms with Crippen LogP contribution in [0, 0.1) is 0 Å². The quantitative estimate of drug-likeness (QED) is 0.713. The normalized spacial score (nSPS) is 17.3. The van der Waals surface area contributed by atoms with E-state index in [0.717, 1.165) is 25.7 Å². The van der Waals surface area contributed by atoms with E-state index in [0.29, 0.717) is 24.4 Å². The van der Waals surface area contributed by atoms with Crippen LogP contribution in [-0.2, 0) is 19.6 Å². The average molecular weight is 370 g/mol. The van der Waals surface area contributed by atoms with Crippen molar-refractivity contribution in [2.75, 3.05) is 37.4 Å². The van der Waals surface area contributed by atoms with Crippen molar-refractivity contribution in [2.24, 2.45) is 0 Å². The number of amides is 1. The summed E-state index contributed by atoms with van der Waals surface area (Å²) in [6, 6.07) is 6.80. The van der Waals surface area contributed by atoms with Crippen LogP contribution in [0.25, 0.3) is 0 Å². The van der Waals surface area contributed by atoms with Crippen molar-refractivity contribution >= 4 is 21.6 Å². The van der Waals surface area contributed by atoms with Gasteiger partial charge < -0.3 is 14.8 Å². The predicted molar refractivity (Wildman–Crippen MR) is 96.4 cm³/mol. The van der Waals surface area contributed by atoms with E-state index in [1.54, 1.807) is 31.4 Å². The van der Waals surface area contributed by atoms with Gasteiger partial charge in [0, 0.05) is 26.1 Å². The van der Waals surface area contributed by atoms with E-state index >= 15 is 0 Å². The number of ether oxygens (including phenoxy) is 2. The molecule has 140 valence electrons. The molecule has 0 radical (unpaired) electrons. The zero-order valence-corrected chi connectivity index (χ0v) is 15.5. The van der Waals surface area contributed by atoms with E-state index in [9.17, 15) is 13.2 Å². The minimum Gasteiger partial charge on any atom is -0.497 e. The lowest BCUT2D eigenvalue weighted by molar-refractivity contribution is -0.121. The monoisotopic (exact) mass is 370 g/mol. The first kappa shape index (κ1) is 19.5. The van der Waals surface area contributed by atoms with Crippen LogP contribution in [0.2, 0.25) is 0 Å². The summed E-state index contributed by atoms with van der Waals surface area (Å²) in [5.41, 5.74) is 0.558. The Labute approximate surface area is 149 Å². The highest BCUT2D eigenvalue weighted by molar-refractivity contribution is 7.92. The summed E-state index contributed by atoms with van der Waals surface area (Å²) >= 11 is 0. The van der Waals surface area contributed by atoms with Crippen LogP contribution in [0.4, 0.5) is 5.69 Å². The van der Waals surface area contributed by atoms with Crippen molar-refractivity contribution in [1.29, 1.82) is 0 Å². The molecular weight excluding hydrogens is 344 g/mol. The molecule has 1 fully saturated rings. The summed E-state index contributed by atoms with van der Waals surface area (Å²) in [6.07, 6.45) is 3.99. The number of carbonyl (C=O) groups is 1. The Morgan fingerprint density at radius 3 is 2.64 bits per heavy atom. The highest BCUT2D eigenvalue weighted by atomic mass is 32.2. The molecule has 25 heavy (non-hydrogen) atoms. The molecule has 7 nitrogen and oxygen atoms in total. The first-order valence-corrected chi connectivity index (χ1v) is 10.2. The molecule has 0 aromatic heterocycles. The van der Waals surface area contributed by atoms with Gasteiger partial charge in [-0.2, -0.15) is 0 Å². The molecule has 1 amide bonds. The van der Waals surface area contributed by atoms with Crippen LogP contribution in [0.1, 0.15) is 25.7 Å². The summed E-state index contributed by atoms with van der Waals surface area (Å²) < 4.78 is 35.9. The Morgan fingerprint density at radius 2 is 2.08 bits per heavy atom. The van der Waals surface area contributed by atoms with Gasteiger partial charge in [-0.1, -0.05) is 0 Å². The molecule has 0 saturated carbocycles. The second-order valence-corrected chi connectivity index (χ2v) is 7.98. The largest absolute Gasteiger partial charge is 0.497 e. The first-order chi connectivity index (χ1) is 11.9. The summed E-state index contributed by atoms with van der Waals surface area (Å²) in [6.45, 7) is 1.53. The van der Waals surface area contributed by atoms with Crippen molar-refractivity contribution < 1.29 is 22.7 Å². The van der Waals surface area contributed by atoms with E-state index in [-0.39, 0.29) is 25.0 Å². The fourth-order valence-electron chi connectivity index (χ4n) is 2.74. The summed E-state index contributed by atoms with van der Waals surface area (Å²) in [7, 11) is -1.87. The standard InChI is InChI=1S/C17H26N2O5S/c1-23-15-9-7-14(8-10-15)19(25(2,21)22)11-3-6-17(20)18-13-16-5-4-12-24-16/h7-10,16H,3-6,11-13H2,1-2H3,(H,18,20). The average Bonchev–Trinajstić information content (AvgIpc) is 3.09. The lowest BCUT2D eigenvalue weighted by Crippen LogP contribution is -2.34. The van der Waals surface area contributed by atoms with Gasteiger partial charge >= 0.3 is 0 Å². The third-order valence-electron chi connectivity index (χ3n) is 4.08. The van der Waals surface area contributed by atoms with Gasteiger partial charge in [0.05, 0.1) is 25.2 Å². The fourth-order valence-corrected chi connectivity index (χ4v) is 3.70. The third kappa shape index (κ3) is 6.21. The van der Waals surface area contributed by atoms with Crippen molar-refractivity contribution in [3.8, 4) is 5.75 Å². The summed E-state index contributed by atoms with van der Waals surface area (Å²) in [5.74, 6) is 0.574. The minimum atomic E-state index is -3.42. The SMILES string of the molecule is COc1ccc(N(CCCC(=O)NCC2CCCO2)S(C)(=O)=O)cc1. The van der Waals surface area contributed by atoms with Gasteiger partial charge in [0.1, 0.15) is 5.75 Å². The van der Waals surface area contributed by atoms with Gasteiger partial charge in [-0.25, -0.2) is 8.42 Å². The topological polar surface area (TPSA) is 84.9 Å². The fraction of sp³-hybridized carbons (Fsp3) is 0.588. The minimum absolute atomic E-state index is 0.0846. The summed E-state index contributed by atoms with van der Waals surface area (Å²) in [5, 5.41) is 2.84. The molecule has 1 heterocycles. The molecule has 1 N–H and O–H groups in total. The van der Waals surface area contributed by atoms with Crippen LogP contribution in [0.15, 0.2) is 24.3 Å². The summed E-state index contributed by atoms with van der Waals surface area (Å²) in [4.78, 5) is 11.9. The van der Waals surface area contributed by atoms with Gasteiger partial charge in [0.2, 0.25) is 15.9 Å². The molecule has 0 aliphatic carbocycles. The van der Waals surface area contributed by atoms with Gasteiger partial charge in [-0.05, 0) is 43.5 Å². The number of hydrogen-bond acceptors (Lipinski definition) is 5. The lowest BCUT2D eigenvalue weighted by Gasteiger charge is -2.22. The number of rotatable bonds is 9. The second-order valence-electron chi connectivity index (χ2n) is 6.08. The number of carbonyl (C=O) groups excluding carboxylic acids is 1. The molecule has 0 bridgehead atoms. The Hall–Kier alpha value is -1.80. The maximum Gasteiger partial charge on any atom is 0.232 e. The Kier molecular flexibility index (Phi) is 7.07. The smallest absolute Gasteiger partial charge is 0.232 e. The molecule has 2 rings (SSSR count). The van der Waals surface area contributed by atoms with E-state index in [1.807, 2.05) is 0 Å². The van der Waals surface area contributed by atoms with Crippen LogP contribution < -0.4 is 14.4 Å². The Bertz CT molecular complexity index is 654. The highest BCUT2D eigenvalue weighted by Crippen LogP contribution is 2.22. The van der Waals surface area contributed by atoms with Gasteiger partial charge in [-0.3, -0.25) is 9.10 Å². The molecule has 1 aliphatic rings. The van der Waals surface area contributed by atoms with E-state index in [4.69, 9.17) is 9.47 Å². The molecule has 1 saturated heterocycles. The van der Waals surface area contributed by atoms with Crippen molar-refractivity contribution in [1.82, 2.24) is 5.32 Å². The maximum atomic E-state index is 12.0. The van der Waals surface area contributed by atoms with Gasteiger partial charge in [0.15, 0.2) is 0 Å². The highest BCUT2D eigenvalue weighted by Gasteiger charge is 2.19.